The van der Waals surface area contributed by atoms with E-state index >= 15 is 0 Å². The molecule has 2 heterocycles. The highest BCUT2D eigenvalue weighted by Gasteiger charge is 2.35. The van der Waals surface area contributed by atoms with Crippen LogP contribution in [0.3, 0.4) is 0 Å². The van der Waals surface area contributed by atoms with Gasteiger partial charge in [0.1, 0.15) is 12.4 Å². The molecule has 4 aromatic carbocycles. The molecule has 5 aromatic rings. The smallest absolute Gasteiger partial charge is 0.338 e. The summed E-state index contributed by atoms with van der Waals surface area (Å²) in [5, 5.41) is 1.50. The molecule has 0 saturated heterocycles. The van der Waals surface area contributed by atoms with E-state index < -0.39 is 12.0 Å². The Morgan fingerprint density at radius 2 is 1.66 bits per heavy atom. The van der Waals surface area contributed by atoms with Crippen LogP contribution < -0.4 is 19.6 Å². The van der Waals surface area contributed by atoms with Crippen LogP contribution in [0.2, 0.25) is 15.1 Å². The van der Waals surface area contributed by atoms with Gasteiger partial charge in [0, 0.05) is 10.6 Å². The summed E-state index contributed by atoms with van der Waals surface area (Å²) in [6, 6.07) is 25.1. The maximum absolute atomic E-state index is 14.2. The zero-order chi connectivity index (χ0) is 33.2. The number of hydrogen-bond donors (Lipinski definition) is 0. The first-order valence-corrected chi connectivity index (χ1v) is 18.3. The van der Waals surface area contributed by atoms with Gasteiger partial charge in [-0.2, -0.15) is 0 Å². The fraction of sp³-hybridized carbons (Fsp3) is 0.114. The molecule has 0 saturated carbocycles. The lowest BCUT2D eigenvalue weighted by Crippen LogP contribution is -2.40. The molecule has 0 amide bonds. The van der Waals surface area contributed by atoms with Gasteiger partial charge in [0.15, 0.2) is 4.80 Å². The van der Waals surface area contributed by atoms with Crippen LogP contribution in [0, 0.1) is 7.14 Å². The Kier molecular flexibility index (Phi) is 10.8. The van der Waals surface area contributed by atoms with Crippen LogP contribution in [0.15, 0.2) is 100 Å². The van der Waals surface area contributed by atoms with E-state index in [0.717, 1.165) is 29.6 Å². The van der Waals surface area contributed by atoms with Gasteiger partial charge in [-0.1, -0.05) is 94.7 Å². The number of thiazole rings is 1. The standard InChI is InChI=1S/C35H23Cl3I2N2O4S/c1-2-45-34(44)29-30(21-6-4-3-5-7-21)41-35-42(31(29)22-9-11-23(36)12-10-22)33(43)28(47-35)17-20-15-26(39)32(27(40)16-20)46-18-19-8-13-24(37)25(38)14-19/h3-17,31H,2,18H2,1H3/b28-17-/t31-/m0/s1. The second-order valence-electron chi connectivity index (χ2n) is 10.3. The van der Waals surface area contributed by atoms with Gasteiger partial charge in [-0.05, 0) is 111 Å². The minimum absolute atomic E-state index is 0.173. The third kappa shape index (κ3) is 7.35. The van der Waals surface area contributed by atoms with Gasteiger partial charge in [0.25, 0.3) is 5.56 Å². The Labute approximate surface area is 316 Å². The Balaban J connectivity index is 1.46. The minimum atomic E-state index is -0.780. The maximum atomic E-state index is 14.2. The molecule has 1 aliphatic heterocycles. The Morgan fingerprint density at radius 3 is 2.32 bits per heavy atom. The second-order valence-corrected chi connectivity index (χ2v) is 14.9. The summed E-state index contributed by atoms with van der Waals surface area (Å²) in [4.78, 5) is 33.2. The normalized spacial score (nSPS) is 14.5. The van der Waals surface area contributed by atoms with Crippen LogP contribution in [0.25, 0.3) is 11.8 Å². The van der Waals surface area contributed by atoms with Gasteiger partial charge in [-0.3, -0.25) is 9.36 Å². The summed E-state index contributed by atoms with van der Waals surface area (Å²) in [5.74, 6) is 0.190. The molecular formula is C35H23Cl3I2N2O4S. The summed E-state index contributed by atoms with van der Waals surface area (Å²) in [5.41, 5.74) is 3.64. The number of aromatic nitrogens is 1. The molecule has 0 unspecified atom stereocenters. The number of benzene rings is 4. The largest absolute Gasteiger partial charge is 0.487 e. The van der Waals surface area contributed by atoms with E-state index in [1.165, 1.54) is 11.3 Å². The molecular weight excluding hydrogens is 905 g/mol. The monoisotopic (exact) mass is 926 g/mol. The van der Waals surface area contributed by atoms with Gasteiger partial charge >= 0.3 is 5.97 Å². The lowest BCUT2D eigenvalue weighted by Gasteiger charge is -2.25. The number of ether oxygens (including phenoxy) is 2. The Bertz CT molecular complexity index is 2200. The predicted molar refractivity (Wildman–Crippen MR) is 205 cm³/mol. The van der Waals surface area contributed by atoms with Crippen molar-refractivity contribution < 1.29 is 14.3 Å². The van der Waals surface area contributed by atoms with Gasteiger partial charge in [-0.15, -0.1) is 0 Å². The summed E-state index contributed by atoms with van der Waals surface area (Å²) < 4.78 is 15.5. The summed E-state index contributed by atoms with van der Waals surface area (Å²) in [6.07, 6.45) is 1.84. The average molecular weight is 928 g/mol. The fourth-order valence-electron chi connectivity index (χ4n) is 5.14. The van der Waals surface area contributed by atoms with Crippen LogP contribution in [0.4, 0.5) is 0 Å². The van der Waals surface area contributed by atoms with Crippen molar-refractivity contribution >= 4 is 109 Å². The topological polar surface area (TPSA) is 69.9 Å². The number of rotatable bonds is 8. The van der Waals surface area contributed by atoms with E-state index in [-0.39, 0.29) is 17.7 Å². The van der Waals surface area contributed by atoms with E-state index in [9.17, 15) is 9.59 Å². The third-order valence-electron chi connectivity index (χ3n) is 7.24. The summed E-state index contributed by atoms with van der Waals surface area (Å²) in [7, 11) is 0. The molecule has 12 heteroatoms. The number of esters is 1. The van der Waals surface area contributed by atoms with E-state index in [4.69, 9.17) is 49.3 Å². The molecule has 1 aliphatic rings. The zero-order valence-electron chi connectivity index (χ0n) is 24.5. The van der Waals surface area contributed by atoms with Crippen molar-refractivity contribution in [1.29, 1.82) is 0 Å². The van der Waals surface area contributed by atoms with Crippen molar-refractivity contribution in [2.45, 2.75) is 19.6 Å². The van der Waals surface area contributed by atoms with Crippen molar-refractivity contribution in [3.05, 3.63) is 155 Å². The van der Waals surface area contributed by atoms with Gasteiger partial charge in [0.2, 0.25) is 0 Å². The number of carbonyl (C=O) groups excluding carboxylic acids is 1. The van der Waals surface area contributed by atoms with Gasteiger partial charge in [0.05, 0.1) is 45.6 Å². The summed E-state index contributed by atoms with van der Waals surface area (Å²) >= 11 is 24.2. The minimum Gasteiger partial charge on any atom is -0.487 e. The first kappa shape index (κ1) is 34.2. The second kappa shape index (κ2) is 14.8. The molecule has 1 atom stereocenters. The van der Waals surface area contributed by atoms with Gasteiger partial charge in [-0.25, -0.2) is 9.79 Å². The van der Waals surface area contributed by atoms with Crippen molar-refractivity contribution in [2.24, 2.45) is 4.99 Å². The number of nitrogens with zero attached hydrogens (tertiary/aromatic N) is 2. The van der Waals surface area contributed by atoms with Crippen LogP contribution in [-0.2, 0) is 16.1 Å². The number of fused-ring (bicyclic) bond motifs is 1. The van der Waals surface area contributed by atoms with Crippen molar-refractivity contribution in [2.75, 3.05) is 6.61 Å². The molecule has 1 aromatic heterocycles. The van der Waals surface area contributed by atoms with Crippen LogP contribution in [0.1, 0.15) is 35.2 Å². The highest BCUT2D eigenvalue weighted by Crippen LogP contribution is 2.36. The SMILES string of the molecule is CCOC(=O)C1=C(c2ccccc2)N=c2s/c(=C\c3cc(I)c(OCc4ccc(Cl)c(Cl)c4)c(I)c3)c(=O)n2[C@H]1c1ccc(Cl)cc1. The van der Waals surface area contributed by atoms with Crippen LogP contribution >= 0.6 is 91.3 Å². The molecule has 47 heavy (non-hydrogen) atoms. The maximum Gasteiger partial charge on any atom is 0.338 e. The molecule has 0 spiro atoms. The molecule has 6 nitrogen and oxygen atoms in total. The lowest BCUT2D eigenvalue weighted by molar-refractivity contribution is -0.138. The lowest BCUT2D eigenvalue weighted by atomic mass is 9.93. The number of hydrogen-bond acceptors (Lipinski definition) is 6. The van der Waals surface area contributed by atoms with E-state index in [2.05, 4.69) is 45.2 Å². The van der Waals surface area contributed by atoms with E-state index in [1.807, 2.05) is 66.7 Å². The molecule has 238 valence electrons. The summed E-state index contributed by atoms with van der Waals surface area (Å²) in [6.45, 7) is 2.24. The predicted octanol–water partition coefficient (Wildman–Crippen LogP) is 8.68. The Hall–Kier alpha value is -2.68. The fourth-order valence-corrected chi connectivity index (χ4v) is 8.71. The van der Waals surface area contributed by atoms with Crippen molar-refractivity contribution in [3.63, 3.8) is 0 Å². The molecule has 0 bridgehead atoms. The number of carbonyl (C=O) groups is 1. The first-order valence-electron chi connectivity index (χ1n) is 14.2. The third-order valence-corrected chi connectivity index (χ3v) is 10.8. The van der Waals surface area contributed by atoms with E-state index in [0.29, 0.717) is 42.3 Å². The quantitative estimate of drug-likeness (QED) is 0.116. The van der Waals surface area contributed by atoms with Crippen molar-refractivity contribution in [3.8, 4) is 5.75 Å². The van der Waals surface area contributed by atoms with Crippen LogP contribution in [0.5, 0.6) is 5.75 Å². The highest BCUT2D eigenvalue weighted by atomic mass is 127. The molecule has 0 N–H and O–H groups in total. The Morgan fingerprint density at radius 1 is 0.957 bits per heavy atom. The zero-order valence-corrected chi connectivity index (χ0v) is 31.9. The van der Waals surface area contributed by atoms with Crippen LogP contribution in [-0.4, -0.2) is 17.1 Å². The van der Waals surface area contributed by atoms with Gasteiger partial charge < -0.3 is 9.47 Å². The molecule has 0 fully saturated rings. The van der Waals surface area contributed by atoms with Crippen molar-refractivity contribution in [1.82, 2.24) is 4.57 Å². The number of halogens is 5. The molecule has 0 radical (unpaired) electrons. The average Bonchev–Trinajstić information content (AvgIpc) is 3.36. The molecule has 0 aliphatic carbocycles. The first-order chi connectivity index (χ1) is 22.6. The molecule has 6 rings (SSSR count). The van der Waals surface area contributed by atoms with E-state index in [1.54, 1.807) is 35.8 Å². The highest BCUT2D eigenvalue weighted by molar-refractivity contribution is 14.1.